The average Bonchev–Trinajstić information content (AvgIpc) is 3.37. The van der Waals surface area contributed by atoms with Crippen molar-refractivity contribution in [3.05, 3.63) is 24.2 Å². The Morgan fingerprint density at radius 1 is 1.32 bits per heavy atom. The lowest BCUT2D eigenvalue weighted by atomic mass is 10.3. The predicted molar refractivity (Wildman–Crippen MR) is 109 cm³/mol. The van der Waals surface area contributed by atoms with Gasteiger partial charge in [0.15, 0.2) is 8.68 Å². The molecule has 2 aromatic rings. The molecule has 2 rings (SSSR count). The van der Waals surface area contributed by atoms with Crippen LogP contribution in [0.25, 0.3) is 0 Å². The van der Waals surface area contributed by atoms with Crippen LogP contribution in [-0.4, -0.2) is 51.5 Å². The molecular formula is C17H21N5O3S3. The maximum Gasteiger partial charge on any atom is 0.233 e. The van der Waals surface area contributed by atoms with Crippen molar-refractivity contribution in [2.45, 2.75) is 35.0 Å². The summed E-state index contributed by atoms with van der Waals surface area (Å²) in [6.45, 7) is 3.34. The Kier molecular flexibility index (Phi) is 9.88. The Labute approximate surface area is 176 Å². The molecule has 28 heavy (non-hydrogen) atoms. The first kappa shape index (κ1) is 22.3. The average molecular weight is 440 g/mol. The van der Waals surface area contributed by atoms with Gasteiger partial charge in [-0.1, -0.05) is 41.8 Å². The smallest absolute Gasteiger partial charge is 0.233 e. The van der Waals surface area contributed by atoms with Gasteiger partial charge in [0.1, 0.15) is 5.76 Å². The van der Waals surface area contributed by atoms with Crippen LogP contribution in [-0.2, 0) is 16.1 Å². The molecule has 0 aliphatic rings. The van der Waals surface area contributed by atoms with Crippen LogP contribution in [0.2, 0.25) is 0 Å². The van der Waals surface area contributed by atoms with Gasteiger partial charge < -0.3 is 14.6 Å². The summed E-state index contributed by atoms with van der Waals surface area (Å²) in [7, 11) is 0. The van der Waals surface area contributed by atoms with Gasteiger partial charge in [-0.15, -0.1) is 10.2 Å². The fourth-order valence-electron chi connectivity index (χ4n) is 2.04. The molecular weight excluding hydrogens is 418 g/mol. The van der Waals surface area contributed by atoms with E-state index in [9.17, 15) is 9.59 Å². The predicted octanol–water partition coefficient (Wildman–Crippen LogP) is 2.78. The van der Waals surface area contributed by atoms with Gasteiger partial charge in [0, 0.05) is 13.1 Å². The van der Waals surface area contributed by atoms with Crippen LogP contribution in [0.1, 0.15) is 25.5 Å². The highest BCUT2D eigenvalue weighted by molar-refractivity contribution is 8.03. The topological polar surface area (TPSA) is 112 Å². The summed E-state index contributed by atoms with van der Waals surface area (Å²) in [4.78, 5) is 25.8. The summed E-state index contributed by atoms with van der Waals surface area (Å²) in [5.74, 6) is 1.04. The minimum Gasteiger partial charge on any atom is -0.467 e. The number of thioether (sulfide) groups is 2. The van der Waals surface area contributed by atoms with E-state index in [1.807, 2.05) is 6.92 Å². The van der Waals surface area contributed by atoms with Crippen molar-refractivity contribution >= 4 is 46.7 Å². The molecule has 11 heteroatoms. The third-order valence-corrected chi connectivity index (χ3v) is 6.55. The summed E-state index contributed by atoms with van der Waals surface area (Å²) in [6.07, 6.45) is 2.71. The summed E-state index contributed by atoms with van der Waals surface area (Å²) in [5, 5.41) is 19.7. The zero-order valence-corrected chi connectivity index (χ0v) is 17.9. The van der Waals surface area contributed by atoms with Crippen molar-refractivity contribution in [2.75, 3.05) is 24.6 Å². The van der Waals surface area contributed by atoms with Crippen LogP contribution in [0.4, 0.5) is 0 Å². The zero-order valence-electron chi connectivity index (χ0n) is 15.4. The standard InChI is InChI=1S/C17H21N5O3S3/c1-2-7-19-14(23)11-26-16-20-21-17(28-16)27-12-15(24)22(8-4-6-18)10-13-5-3-9-25-13/h3,5,9H,2,4,7-8,10-12H2,1H3,(H,19,23). The number of nitriles is 1. The molecule has 8 nitrogen and oxygen atoms in total. The van der Waals surface area contributed by atoms with Crippen molar-refractivity contribution in [2.24, 2.45) is 0 Å². The van der Waals surface area contributed by atoms with E-state index in [1.165, 1.54) is 34.9 Å². The molecule has 0 fully saturated rings. The molecule has 0 aliphatic heterocycles. The highest BCUT2D eigenvalue weighted by atomic mass is 32.2. The molecule has 2 heterocycles. The number of nitrogens with one attached hydrogen (secondary N) is 1. The van der Waals surface area contributed by atoms with Gasteiger partial charge >= 0.3 is 0 Å². The number of amides is 2. The quantitative estimate of drug-likeness (QED) is 0.503. The SMILES string of the molecule is CCCNC(=O)CSc1nnc(SCC(=O)N(CCC#N)Cc2ccco2)s1. The number of furan rings is 1. The molecule has 1 N–H and O–H groups in total. The van der Waals surface area contributed by atoms with Gasteiger partial charge in [-0.3, -0.25) is 9.59 Å². The van der Waals surface area contributed by atoms with E-state index in [1.54, 1.807) is 23.3 Å². The zero-order chi connectivity index (χ0) is 20.2. The van der Waals surface area contributed by atoms with Crippen molar-refractivity contribution in [1.29, 1.82) is 5.26 Å². The van der Waals surface area contributed by atoms with Crippen molar-refractivity contribution in [1.82, 2.24) is 20.4 Å². The van der Waals surface area contributed by atoms with Gasteiger partial charge in [0.05, 0.1) is 36.8 Å². The van der Waals surface area contributed by atoms with Crippen LogP contribution < -0.4 is 5.32 Å². The second-order valence-electron chi connectivity index (χ2n) is 5.56. The number of hydrogen-bond acceptors (Lipinski definition) is 9. The minimum atomic E-state index is -0.0972. The Balaban J connectivity index is 1.81. The van der Waals surface area contributed by atoms with Crippen LogP contribution >= 0.6 is 34.9 Å². The molecule has 0 spiro atoms. The third-order valence-electron chi connectivity index (χ3n) is 3.38. The largest absolute Gasteiger partial charge is 0.467 e. The first-order chi connectivity index (χ1) is 13.6. The Morgan fingerprint density at radius 3 is 2.71 bits per heavy atom. The maximum absolute atomic E-state index is 12.5. The summed E-state index contributed by atoms with van der Waals surface area (Å²) in [6, 6.07) is 5.62. The highest BCUT2D eigenvalue weighted by Crippen LogP contribution is 2.28. The number of aromatic nitrogens is 2. The summed E-state index contributed by atoms with van der Waals surface area (Å²) < 4.78 is 6.65. The molecule has 0 aromatic carbocycles. The minimum absolute atomic E-state index is 0.0301. The first-order valence-electron chi connectivity index (χ1n) is 8.65. The van der Waals surface area contributed by atoms with Gasteiger partial charge in [0.25, 0.3) is 0 Å². The normalized spacial score (nSPS) is 10.4. The van der Waals surface area contributed by atoms with Crippen LogP contribution in [0.15, 0.2) is 31.5 Å². The fourth-order valence-corrected chi connectivity index (χ4v) is 4.79. The number of hydrogen-bond donors (Lipinski definition) is 1. The maximum atomic E-state index is 12.5. The number of rotatable bonds is 12. The number of carbonyl (C=O) groups excluding carboxylic acids is 2. The number of nitrogens with zero attached hydrogens (tertiary/aromatic N) is 4. The molecule has 2 amide bonds. The first-order valence-corrected chi connectivity index (χ1v) is 11.4. The fraction of sp³-hybridized carbons (Fsp3) is 0.471. The van der Waals surface area contributed by atoms with Gasteiger partial charge in [0.2, 0.25) is 11.8 Å². The highest BCUT2D eigenvalue weighted by Gasteiger charge is 2.17. The second-order valence-corrected chi connectivity index (χ2v) is 8.99. The van der Waals surface area contributed by atoms with E-state index in [0.717, 1.165) is 6.42 Å². The van der Waals surface area contributed by atoms with E-state index >= 15 is 0 Å². The van der Waals surface area contributed by atoms with Crippen molar-refractivity contribution in [3.63, 3.8) is 0 Å². The Morgan fingerprint density at radius 2 is 2.07 bits per heavy atom. The Hall–Kier alpha value is -2.03. The van der Waals surface area contributed by atoms with Gasteiger partial charge in [-0.05, 0) is 18.6 Å². The molecule has 0 aliphatic carbocycles. The van der Waals surface area contributed by atoms with E-state index in [-0.39, 0.29) is 24.0 Å². The van der Waals surface area contributed by atoms with E-state index in [0.29, 0.717) is 39.8 Å². The second kappa shape index (κ2) is 12.4. The summed E-state index contributed by atoms with van der Waals surface area (Å²) in [5.41, 5.74) is 0. The lowest BCUT2D eigenvalue weighted by Crippen LogP contribution is -2.32. The van der Waals surface area contributed by atoms with Crippen molar-refractivity contribution in [3.8, 4) is 6.07 Å². The molecule has 0 bridgehead atoms. The van der Waals surface area contributed by atoms with Crippen molar-refractivity contribution < 1.29 is 14.0 Å². The lowest BCUT2D eigenvalue weighted by molar-refractivity contribution is -0.129. The molecule has 150 valence electrons. The lowest BCUT2D eigenvalue weighted by Gasteiger charge is -2.19. The molecule has 2 aromatic heterocycles. The van der Waals surface area contributed by atoms with Crippen LogP contribution in [0.3, 0.4) is 0 Å². The number of carbonyl (C=O) groups is 2. The van der Waals surface area contributed by atoms with E-state index < -0.39 is 0 Å². The molecule has 0 saturated heterocycles. The van der Waals surface area contributed by atoms with Gasteiger partial charge in [-0.25, -0.2) is 0 Å². The molecule has 0 radical (unpaired) electrons. The molecule has 0 saturated carbocycles. The molecule has 0 unspecified atom stereocenters. The van der Waals surface area contributed by atoms with E-state index in [4.69, 9.17) is 9.68 Å². The van der Waals surface area contributed by atoms with Crippen LogP contribution in [0, 0.1) is 11.3 Å². The summed E-state index contributed by atoms with van der Waals surface area (Å²) >= 11 is 3.99. The van der Waals surface area contributed by atoms with Crippen LogP contribution in [0.5, 0.6) is 0 Å². The van der Waals surface area contributed by atoms with Gasteiger partial charge in [-0.2, -0.15) is 5.26 Å². The third kappa shape index (κ3) is 7.92. The molecule has 0 atom stereocenters. The monoisotopic (exact) mass is 439 g/mol. The Bertz CT molecular complexity index is 788. The van der Waals surface area contributed by atoms with E-state index in [2.05, 4.69) is 21.6 Å².